The van der Waals surface area contributed by atoms with Crippen molar-refractivity contribution in [2.45, 2.75) is 31.2 Å². The van der Waals surface area contributed by atoms with Crippen LogP contribution in [0.1, 0.15) is 31.1 Å². The summed E-state index contributed by atoms with van der Waals surface area (Å²) < 4.78 is 32.9. The molecule has 0 aliphatic carbocycles. The minimum atomic E-state index is -3.81. The molecule has 0 unspecified atom stereocenters. The Morgan fingerprint density at radius 3 is 2.44 bits per heavy atom. The van der Waals surface area contributed by atoms with Gasteiger partial charge in [0.1, 0.15) is 10.6 Å². The fourth-order valence-electron chi connectivity index (χ4n) is 2.32. The van der Waals surface area contributed by atoms with Crippen LogP contribution >= 0.6 is 12.4 Å². The van der Waals surface area contributed by atoms with Crippen LogP contribution in [0.5, 0.6) is 5.75 Å². The van der Waals surface area contributed by atoms with E-state index >= 15 is 0 Å². The molecule has 3 N–H and O–H groups in total. The highest BCUT2D eigenvalue weighted by atomic mass is 35.5. The zero-order valence-corrected chi connectivity index (χ0v) is 16.5. The third kappa shape index (κ3) is 5.85. The number of nitrogens with one attached hydrogen (secondary N) is 3. The molecule has 1 fully saturated rings. The Morgan fingerprint density at radius 1 is 1.32 bits per heavy atom. The number of sulfonamides is 1. The predicted octanol–water partition coefficient (Wildman–Crippen LogP) is 1.14. The minimum Gasteiger partial charge on any atom is -0.495 e. The molecule has 0 bridgehead atoms. The highest BCUT2D eigenvalue weighted by Crippen LogP contribution is 2.26. The van der Waals surface area contributed by atoms with Gasteiger partial charge in [0.25, 0.3) is 5.91 Å². The number of rotatable bonds is 6. The molecule has 1 heterocycles. The summed E-state index contributed by atoms with van der Waals surface area (Å²) in [6, 6.07) is 4.40. The molecule has 142 valence electrons. The summed E-state index contributed by atoms with van der Waals surface area (Å²) >= 11 is 0. The smallest absolute Gasteiger partial charge is 0.251 e. The van der Waals surface area contributed by atoms with Crippen LogP contribution in [0.3, 0.4) is 0 Å². The average Bonchev–Trinajstić information content (AvgIpc) is 2.42. The van der Waals surface area contributed by atoms with Crippen LogP contribution in [0.2, 0.25) is 0 Å². The Bertz CT molecular complexity index is 713. The van der Waals surface area contributed by atoms with Crippen molar-refractivity contribution in [2.24, 2.45) is 5.92 Å². The van der Waals surface area contributed by atoms with Gasteiger partial charge in [0.05, 0.1) is 7.11 Å². The fourth-order valence-corrected chi connectivity index (χ4v) is 3.93. The van der Waals surface area contributed by atoms with Crippen LogP contribution in [0.25, 0.3) is 0 Å². The van der Waals surface area contributed by atoms with Crippen molar-refractivity contribution in [2.75, 3.05) is 26.7 Å². The molecule has 7 nitrogen and oxygen atoms in total. The number of benzene rings is 1. The second-order valence-corrected chi connectivity index (χ2v) is 8.61. The summed E-state index contributed by atoms with van der Waals surface area (Å²) in [7, 11) is -2.41. The minimum absolute atomic E-state index is 0. The molecule has 1 aromatic rings. The molecule has 1 saturated heterocycles. The van der Waals surface area contributed by atoms with E-state index in [9.17, 15) is 13.2 Å². The van der Waals surface area contributed by atoms with Crippen molar-refractivity contribution < 1.29 is 17.9 Å². The molecule has 1 aliphatic heterocycles. The van der Waals surface area contributed by atoms with E-state index in [2.05, 4.69) is 15.4 Å². The molecule has 9 heteroatoms. The van der Waals surface area contributed by atoms with E-state index < -0.39 is 15.6 Å². The number of carbonyl (C=O) groups excluding carboxylic acids is 1. The van der Waals surface area contributed by atoms with Crippen molar-refractivity contribution in [3.8, 4) is 5.75 Å². The normalized spacial score (nSPS) is 15.0. The SMILES string of the molecule is COc1ccc(C(=O)NCC2CNC2)cc1S(=O)(=O)NC(C)(C)C.Cl. The Morgan fingerprint density at radius 2 is 1.96 bits per heavy atom. The highest BCUT2D eigenvalue weighted by molar-refractivity contribution is 7.89. The van der Waals surface area contributed by atoms with Crippen LogP contribution in [0.15, 0.2) is 23.1 Å². The molecule has 1 aliphatic rings. The van der Waals surface area contributed by atoms with Crippen LogP contribution in [0, 0.1) is 5.92 Å². The third-order valence-corrected chi connectivity index (χ3v) is 5.35. The quantitative estimate of drug-likeness (QED) is 0.675. The summed E-state index contributed by atoms with van der Waals surface area (Å²) in [5.41, 5.74) is -0.350. The first kappa shape index (κ1) is 21.7. The standard InChI is InChI=1S/C16H25N3O4S.ClH/c1-16(2,3)19-24(21,22)14-7-12(5-6-13(14)23-4)15(20)18-10-11-8-17-9-11;/h5-7,11,17,19H,8-10H2,1-4H3,(H,18,20);1H. The van der Waals surface area contributed by atoms with Crippen molar-refractivity contribution in [3.63, 3.8) is 0 Å². The van der Waals surface area contributed by atoms with Gasteiger partial charge in [0, 0.05) is 36.7 Å². The maximum absolute atomic E-state index is 12.6. The van der Waals surface area contributed by atoms with Gasteiger partial charge in [-0.25, -0.2) is 13.1 Å². The monoisotopic (exact) mass is 391 g/mol. The first-order chi connectivity index (χ1) is 11.1. The van der Waals surface area contributed by atoms with Crippen LogP contribution in [0.4, 0.5) is 0 Å². The number of ether oxygens (including phenoxy) is 1. The van der Waals surface area contributed by atoms with Crippen molar-refractivity contribution >= 4 is 28.3 Å². The van der Waals surface area contributed by atoms with Gasteiger partial charge in [-0.1, -0.05) is 0 Å². The molecule has 1 aromatic carbocycles. The number of methoxy groups -OCH3 is 1. The Balaban J connectivity index is 0.00000312. The summed E-state index contributed by atoms with van der Waals surface area (Å²) in [4.78, 5) is 12.2. The second-order valence-electron chi connectivity index (χ2n) is 6.96. The lowest BCUT2D eigenvalue weighted by Crippen LogP contribution is -2.48. The van der Waals surface area contributed by atoms with Gasteiger partial charge in [-0.15, -0.1) is 12.4 Å². The van der Waals surface area contributed by atoms with Crippen molar-refractivity contribution in [1.29, 1.82) is 0 Å². The van der Waals surface area contributed by atoms with Gasteiger partial charge in [0.15, 0.2) is 0 Å². The van der Waals surface area contributed by atoms with E-state index in [1.807, 2.05) is 0 Å². The summed E-state index contributed by atoms with van der Waals surface area (Å²) in [6.45, 7) is 7.59. The maximum atomic E-state index is 12.6. The molecule has 0 saturated carbocycles. The number of amides is 1. The van der Waals surface area contributed by atoms with Crippen LogP contribution < -0.4 is 20.1 Å². The van der Waals surface area contributed by atoms with E-state index in [-0.39, 0.29) is 34.5 Å². The van der Waals surface area contributed by atoms with E-state index in [1.54, 1.807) is 26.8 Å². The van der Waals surface area contributed by atoms with Gasteiger partial charge < -0.3 is 15.4 Å². The Hall–Kier alpha value is -1.35. The zero-order valence-electron chi connectivity index (χ0n) is 14.9. The molecule has 25 heavy (non-hydrogen) atoms. The summed E-state index contributed by atoms with van der Waals surface area (Å²) in [6.07, 6.45) is 0. The molecule has 0 aromatic heterocycles. The van der Waals surface area contributed by atoms with Crippen molar-refractivity contribution in [3.05, 3.63) is 23.8 Å². The van der Waals surface area contributed by atoms with E-state index in [0.717, 1.165) is 13.1 Å². The fraction of sp³-hybridized carbons (Fsp3) is 0.562. The number of hydrogen-bond acceptors (Lipinski definition) is 5. The van der Waals surface area contributed by atoms with Gasteiger partial charge in [-0.2, -0.15) is 0 Å². The lowest BCUT2D eigenvalue weighted by atomic mass is 10.0. The second kappa shape index (κ2) is 8.35. The largest absolute Gasteiger partial charge is 0.495 e. The van der Waals surface area contributed by atoms with E-state index in [0.29, 0.717) is 12.5 Å². The molecule has 0 radical (unpaired) electrons. The van der Waals surface area contributed by atoms with Crippen LogP contribution in [-0.2, 0) is 10.0 Å². The number of carbonyl (C=O) groups is 1. The average molecular weight is 392 g/mol. The van der Waals surface area contributed by atoms with Gasteiger partial charge >= 0.3 is 0 Å². The first-order valence-corrected chi connectivity index (χ1v) is 9.31. The first-order valence-electron chi connectivity index (χ1n) is 7.83. The lowest BCUT2D eigenvalue weighted by molar-refractivity contribution is 0.0942. The highest BCUT2D eigenvalue weighted by Gasteiger charge is 2.26. The maximum Gasteiger partial charge on any atom is 0.251 e. The number of halogens is 1. The summed E-state index contributed by atoms with van der Waals surface area (Å²) in [5.74, 6) is 0.334. The predicted molar refractivity (Wildman–Crippen MR) is 99.0 cm³/mol. The molecule has 0 atom stereocenters. The van der Waals surface area contributed by atoms with Crippen LogP contribution in [-0.4, -0.2) is 46.6 Å². The molecule has 2 rings (SSSR count). The molecular weight excluding hydrogens is 366 g/mol. The summed E-state index contributed by atoms with van der Waals surface area (Å²) in [5, 5.41) is 5.97. The molecule has 1 amide bonds. The third-order valence-electron chi connectivity index (χ3n) is 3.57. The van der Waals surface area contributed by atoms with Gasteiger partial charge in [-0.3, -0.25) is 4.79 Å². The number of hydrogen-bond donors (Lipinski definition) is 3. The Labute approximate surface area is 155 Å². The van der Waals surface area contributed by atoms with E-state index in [4.69, 9.17) is 4.74 Å². The van der Waals surface area contributed by atoms with Gasteiger partial charge in [-0.05, 0) is 39.0 Å². The topological polar surface area (TPSA) is 96.5 Å². The molecular formula is C16H26ClN3O4S. The lowest BCUT2D eigenvalue weighted by Gasteiger charge is -2.27. The zero-order chi connectivity index (χ0) is 18.0. The Kier molecular flexibility index (Phi) is 7.25. The molecule has 0 spiro atoms. The van der Waals surface area contributed by atoms with Crippen molar-refractivity contribution in [1.82, 2.24) is 15.4 Å². The van der Waals surface area contributed by atoms with Gasteiger partial charge in [0.2, 0.25) is 10.0 Å². The van der Waals surface area contributed by atoms with E-state index in [1.165, 1.54) is 19.2 Å².